The molecule has 1 fully saturated rings. The van der Waals surface area contributed by atoms with E-state index in [1.165, 1.54) is 36.1 Å². The minimum absolute atomic E-state index is 0.0711. The van der Waals surface area contributed by atoms with E-state index in [-0.39, 0.29) is 31.1 Å². The largest absolute Gasteiger partial charge is 0.466 e. The fraction of sp³-hybridized carbons (Fsp3) is 0.333. The lowest BCUT2D eigenvalue weighted by Crippen LogP contribution is -2.49. The molecule has 0 spiro atoms. The molecule has 0 saturated carbocycles. The molecule has 4 rings (SSSR count). The molecule has 1 aliphatic rings. The van der Waals surface area contributed by atoms with Crippen LogP contribution >= 0.6 is 0 Å². The van der Waals surface area contributed by atoms with E-state index in [1.54, 1.807) is 31.2 Å². The van der Waals surface area contributed by atoms with Gasteiger partial charge in [-0.3, -0.25) is 23.7 Å². The Morgan fingerprint density at radius 3 is 2.39 bits per heavy atom. The maximum Gasteiger partial charge on any atom is 0.352 e. The van der Waals surface area contributed by atoms with Crippen molar-refractivity contribution in [2.75, 3.05) is 19.7 Å². The third-order valence-corrected chi connectivity index (χ3v) is 6.12. The summed E-state index contributed by atoms with van der Waals surface area (Å²) in [4.78, 5) is 65.3. The Morgan fingerprint density at radius 2 is 1.74 bits per heavy atom. The third kappa shape index (κ3) is 5.88. The van der Waals surface area contributed by atoms with Gasteiger partial charge in [0.25, 0.3) is 11.5 Å². The Kier molecular flexibility index (Phi) is 8.15. The van der Waals surface area contributed by atoms with Crippen molar-refractivity contribution < 1.29 is 23.9 Å². The fourth-order valence-corrected chi connectivity index (χ4v) is 4.31. The maximum absolute atomic E-state index is 13.5. The van der Waals surface area contributed by atoms with Gasteiger partial charge in [0.1, 0.15) is 5.75 Å². The second-order valence-electron chi connectivity index (χ2n) is 8.85. The van der Waals surface area contributed by atoms with Gasteiger partial charge in [-0.05, 0) is 49.6 Å². The number of ether oxygens (including phenoxy) is 2. The quantitative estimate of drug-likeness (QED) is 0.341. The number of carbonyl (C=O) groups excluding carboxylic acids is 3. The topological polar surface area (TPSA) is 130 Å². The van der Waals surface area contributed by atoms with Gasteiger partial charge in [-0.2, -0.15) is 9.78 Å². The number of carbonyl (C=O) groups is 3. The summed E-state index contributed by atoms with van der Waals surface area (Å²) in [5, 5.41) is 4.17. The number of benzene rings is 2. The highest BCUT2D eigenvalue weighted by Crippen LogP contribution is 2.19. The van der Waals surface area contributed by atoms with E-state index in [0.717, 1.165) is 9.25 Å². The molecule has 3 aromatic rings. The van der Waals surface area contributed by atoms with Gasteiger partial charge in [-0.15, -0.1) is 0 Å². The molecule has 2 heterocycles. The molecule has 0 bridgehead atoms. The Morgan fingerprint density at radius 1 is 1.03 bits per heavy atom. The normalized spacial score (nSPS) is 15.1. The van der Waals surface area contributed by atoms with Gasteiger partial charge in [0.2, 0.25) is 5.69 Å². The predicted molar refractivity (Wildman–Crippen MR) is 136 cm³/mol. The van der Waals surface area contributed by atoms with Crippen molar-refractivity contribution in [3.63, 3.8) is 0 Å². The SMILES string of the molecule is CCOC(=O)C1CCCN(C(=O)c2nn(-c3ccc(OC(C)=O)cc3)c(=O)n(Cc3ccccc3)c2=O)C1. The van der Waals surface area contributed by atoms with Gasteiger partial charge in [0, 0.05) is 20.0 Å². The predicted octanol–water partition coefficient (Wildman–Crippen LogP) is 1.78. The van der Waals surface area contributed by atoms with Crippen molar-refractivity contribution in [3.8, 4) is 11.4 Å². The Hall–Kier alpha value is -4.54. The number of piperidine rings is 1. The second-order valence-corrected chi connectivity index (χ2v) is 8.85. The number of esters is 2. The Labute approximate surface area is 218 Å². The molecule has 198 valence electrons. The zero-order valence-electron chi connectivity index (χ0n) is 21.2. The van der Waals surface area contributed by atoms with Crippen LogP contribution in [0.25, 0.3) is 5.69 Å². The van der Waals surface area contributed by atoms with Crippen LogP contribution in [0.3, 0.4) is 0 Å². The van der Waals surface area contributed by atoms with E-state index in [9.17, 15) is 24.0 Å². The monoisotopic (exact) mass is 520 g/mol. The van der Waals surface area contributed by atoms with Crippen LogP contribution in [0.15, 0.2) is 64.2 Å². The first-order valence-electron chi connectivity index (χ1n) is 12.3. The number of rotatable bonds is 7. The lowest BCUT2D eigenvalue weighted by molar-refractivity contribution is -0.149. The molecular weight excluding hydrogens is 492 g/mol. The van der Waals surface area contributed by atoms with Crippen LogP contribution < -0.4 is 16.0 Å². The zero-order valence-corrected chi connectivity index (χ0v) is 21.2. The van der Waals surface area contributed by atoms with Gasteiger partial charge < -0.3 is 14.4 Å². The number of nitrogens with zero attached hydrogens (tertiary/aromatic N) is 4. The first-order chi connectivity index (χ1) is 18.3. The van der Waals surface area contributed by atoms with Crippen LogP contribution in [-0.2, 0) is 20.9 Å². The smallest absolute Gasteiger partial charge is 0.352 e. The molecule has 1 atom stereocenters. The lowest BCUT2D eigenvalue weighted by Gasteiger charge is -2.31. The van der Waals surface area contributed by atoms with Gasteiger partial charge in [0.05, 0.1) is 24.8 Å². The van der Waals surface area contributed by atoms with Crippen LogP contribution in [0.4, 0.5) is 0 Å². The minimum Gasteiger partial charge on any atom is -0.466 e. The summed E-state index contributed by atoms with van der Waals surface area (Å²) in [5.74, 6) is -1.80. The van der Waals surface area contributed by atoms with Crippen LogP contribution in [0.1, 0.15) is 42.7 Å². The lowest BCUT2D eigenvalue weighted by atomic mass is 9.98. The van der Waals surface area contributed by atoms with E-state index in [2.05, 4.69) is 5.10 Å². The summed E-state index contributed by atoms with van der Waals surface area (Å²) in [7, 11) is 0. The van der Waals surface area contributed by atoms with Crippen molar-refractivity contribution in [1.29, 1.82) is 0 Å². The minimum atomic E-state index is -0.824. The molecule has 1 saturated heterocycles. The number of likely N-dealkylation sites (tertiary alicyclic amines) is 1. The highest BCUT2D eigenvalue weighted by atomic mass is 16.5. The van der Waals surface area contributed by atoms with Gasteiger partial charge in [-0.25, -0.2) is 4.79 Å². The number of hydrogen-bond acceptors (Lipinski definition) is 8. The first kappa shape index (κ1) is 26.5. The molecule has 11 heteroatoms. The molecule has 38 heavy (non-hydrogen) atoms. The molecule has 2 aromatic carbocycles. The summed E-state index contributed by atoms with van der Waals surface area (Å²) in [5.41, 5.74) is -1.04. The summed E-state index contributed by atoms with van der Waals surface area (Å²) in [6, 6.07) is 14.9. The van der Waals surface area contributed by atoms with Crippen molar-refractivity contribution in [1.82, 2.24) is 19.2 Å². The number of aromatic nitrogens is 3. The molecule has 1 amide bonds. The Bertz CT molecular complexity index is 1440. The van der Waals surface area contributed by atoms with E-state index in [1.807, 2.05) is 6.07 Å². The molecule has 11 nitrogen and oxygen atoms in total. The summed E-state index contributed by atoms with van der Waals surface area (Å²) >= 11 is 0. The first-order valence-corrected chi connectivity index (χ1v) is 12.3. The van der Waals surface area contributed by atoms with Crippen molar-refractivity contribution in [2.24, 2.45) is 5.92 Å². The van der Waals surface area contributed by atoms with E-state index >= 15 is 0 Å². The standard InChI is InChI=1S/C27H28N4O7/c1-3-37-26(35)20-10-7-15-29(17-20)24(33)23-25(34)30(16-19-8-5-4-6-9-19)27(36)31(28-23)21-11-13-22(14-12-21)38-18(2)32/h4-6,8-9,11-14,20H,3,7,10,15-17H2,1-2H3. The van der Waals surface area contributed by atoms with Crippen LogP contribution in [-0.4, -0.2) is 56.8 Å². The molecule has 1 unspecified atom stereocenters. The van der Waals surface area contributed by atoms with E-state index in [4.69, 9.17) is 9.47 Å². The van der Waals surface area contributed by atoms with Gasteiger partial charge in [-0.1, -0.05) is 30.3 Å². The second kappa shape index (κ2) is 11.7. The average Bonchev–Trinajstić information content (AvgIpc) is 2.92. The number of hydrogen-bond donors (Lipinski definition) is 0. The van der Waals surface area contributed by atoms with Crippen LogP contribution in [0.5, 0.6) is 5.75 Å². The van der Waals surface area contributed by atoms with Gasteiger partial charge in [0.15, 0.2) is 0 Å². The van der Waals surface area contributed by atoms with Crippen molar-refractivity contribution in [2.45, 2.75) is 33.2 Å². The fourth-order valence-electron chi connectivity index (χ4n) is 4.31. The molecule has 0 radical (unpaired) electrons. The van der Waals surface area contributed by atoms with Crippen LogP contribution in [0.2, 0.25) is 0 Å². The maximum atomic E-state index is 13.5. The highest BCUT2D eigenvalue weighted by Gasteiger charge is 2.32. The zero-order chi connectivity index (χ0) is 27.2. The molecule has 0 aliphatic carbocycles. The van der Waals surface area contributed by atoms with E-state index in [0.29, 0.717) is 24.9 Å². The van der Waals surface area contributed by atoms with Crippen molar-refractivity contribution >= 4 is 17.8 Å². The molecular formula is C27H28N4O7. The van der Waals surface area contributed by atoms with Crippen molar-refractivity contribution in [3.05, 3.63) is 86.7 Å². The van der Waals surface area contributed by atoms with Gasteiger partial charge >= 0.3 is 17.6 Å². The summed E-state index contributed by atoms with van der Waals surface area (Å²) in [6.45, 7) is 3.57. The van der Waals surface area contributed by atoms with Crippen LogP contribution in [0, 0.1) is 5.92 Å². The summed E-state index contributed by atoms with van der Waals surface area (Å²) in [6.07, 6.45) is 1.13. The van der Waals surface area contributed by atoms with E-state index < -0.39 is 40.7 Å². The highest BCUT2D eigenvalue weighted by molar-refractivity contribution is 5.92. The third-order valence-electron chi connectivity index (χ3n) is 6.12. The molecule has 0 N–H and O–H groups in total. The Balaban J connectivity index is 1.76. The molecule has 1 aromatic heterocycles. The number of amides is 1. The summed E-state index contributed by atoms with van der Waals surface area (Å²) < 4.78 is 12.1. The molecule has 1 aliphatic heterocycles. The average molecular weight is 521 g/mol.